The minimum absolute atomic E-state index is 0.0143. The molecule has 1 heterocycles. The predicted molar refractivity (Wildman–Crippen MR) is 170 cm³/mol. The number of hydrogen-bond donors (Lipinski definition) is 0. The fourth-order valence-corrected chi connectivity index (χ4v) is 5.46. The number of ether oxygens (including phenoxy) is 4. The van der Waals surface area contributed by atoms with Crippen LogP contribution in [0.25, 0.3) is 22.3 Å². The Morgan fingerprint density at radius 2 is 1.38 bits per heavy atom. The van der Waals surface area contributed by atoms with Gasteiger partial charge in [-0.15, -0.1) is 0 Å². The highest BCUT2D eigenvalue weighted by Crippen LogP contribution is 2.39. The highest BCUT2D eigenvalue weighted by atomic mass is 35.5. The molecule has 0 radical (unpaired) electrons. The lowest BCUT2D eigenvalue weighted by Gasteiger charge is -2.29. The number of rotatable bonds is 13. The van der Waals surface area contributed by atoms with E-state index >= 15 is 8.78 Å². The van der Waals surface area contributed by atoms with E-state index in [0.717, 1.165) is 37.8 Å². The molecule has 0 spiro atoms. The molecule has 0 N–H and O–H groups in total. The minimum atomic E-state index is -4.73. The van der Waals surface area contributed by atoms with Gasteiger partial charge in [-0.25, -0.2) is 26.3 Å². The van der Waals surface area contributed by atoms with Gasteiger partial charge >= 0.3 is 6.11 Å². The van der Waals surface area contributed by atoms with Gasteiger partial charge in [0.2, 0.25) is 0 Å². The Morgan fingerprint density at radius 3 is 2.00 bits per heavy atom. The highest BCUT2D eigenvalue weighted by molar-refractivity contribution is 6.30. The van der Waals surface area contributed by atoms with Crippen molar-refractivity contribution in [2.24, 2.45) is 5.92 Å². The van der Waals surface area contributed by atoms with Crippen LogP contribution in [-0.4, -0.2) is 19.8 Å². The summed E-state index contributed by atoms with van der Waals surface area (Å²) in [6.07, 6.45) is 1.85. The van der Waals surface area contributed by atoms with Gasteiger partial charge in [0.05, 0.1) is 26.1 Å². The summed E-state index contributed by atoms with van der Waals surface area (Å²) < 4.78 is 138. The predicted octanol–water partition coefficient (Wildman–Crippen LogP) is 11.4. The van der Waals surface area contributed by atoms with Crippen molar-refractivity contribution in [1.29, 1.82) is 0 Å². The van der Waals surface area contributed by atoms with E-state index in [0.29, 0.717) is 49.6 Å². The zero-order valence-electron chi connectivity index (χ0n) is 26.6. The van der Waals surface area contributed by atoms with Crippen LogP contribution in [-0.2, 0) is 20.3 Å². The Hall–Kier alpha value is -4.13. The van der Waals surface area contributed by atoms with E-state index in [-0.39, 0.29) is 22.6 Å². The molecule has 4 aromatic rings. The Morgan fingerprint density at radius 1 is 0.780 bits per heavy atom. The van der Waals surface area contributed by atoms with Crippen LogP contribution in [0.5, 0.6) is 5.75 Å². The SMILES string of the molecule is CCC/C=C/OCCCC1COC(c2ccc(-c3ccc(-c4cc(F)c(C(F)(F)Oc5cc(F)c(Cl)c(F)c5)c(F)c4)c(F)c3)c(F)c2)OC1. The number of benzene rings is 4. The van der Waals surface area contributed by atoms with E-state index in [1.807, 2.05) is 6.08 Å². The van der Waals surface area contributed by atoms with Gasteiger partial charge < -0.3 is 18.9 Å². The first-order valence-electron chi connectivity index (χ1n) is 15.7. The summed E-state index contributed by atoms with van der Waals surface area (Å²) in [5, 5.41) is -0.990. The number of halogens is 9. The molecular formula is C37H31ClF8O4. The van der Waals surface area contributed by atoms with Crippen molar-refractivity contribution in [2.75, 3.05) is 19.8 Å². The molecule has 0 saturated carbocycles. The Balaban J connectivity index is 1.24. The topological polar surface area (TPSA) is 36.9 Å². The van der Waals surface area contributed by atoms with E-state index in [9.17, 15) is 26.3 Å². The van der Waals surface area contributed by atoms with Crippen LogP contribution in [0.3, 0.4) is 0 Å². The van der Waals surface area contributed by atoms with Gasteiger partial charge in [-0.3, -0.25) is 0 Å². The molecule has 0 bridgehead atoms. The average molecular weight is 727 g/mol. The lowest BCUT2D eigenvalue weighted by Crippen LogP contribution is -2.27. The van der Waals surface area contributed by atoms with Crippen LogP contribution in [0.15, 0.2) is 73.0 Å². The second kappa shape index (κ2) is 16.3. The molecule has 0 aromatic heterocycles. The summed E-state index contributed by atoms with van der Waals surface area (Å²) in [7, 11) is 0. The van der Waals surface area contributed by atoms with Crippen LogP contribution in [0.1, 0.15) is 50.0 Å². The number of hydrogen-bond acceptors (Lipinski definition) is 4. The fourth-order valence-electron chi connectivity index (χ4n) is 5.35. The summed E-state index contributed by atoms with van der Waals surface area (Å²) in [4.78, 5) is 0. The maximum Gasteiger partial charge on any atom is 0.432 e. The normalized spacial score (nSPS) is 16.6. The largest absolute Gasteiger partial charge is 0.502 e. The zero-order chi connectivity index (χ0) is 36.0. The molecular weight excluding hydrogens is 696 g/mol. The van der Waals surface area contributed by atoms with Crippen LogP contribution in [0.2, 0.25) is 5.02 Å². The molecule has 4 aromatic carbocycles. The number of alkyl halides is 2. The third kappa shape index (κ3) is 8.77. The van der Waals surface area contributed by atoms with Crippen molar-refractivity contribution in [1.82, 2.24) is 0 Å². The molecule has 50 heavy (non-hydrogen) atoms. The molecule has 0 aliphatic carbocycles. The van der Waals surface area contributed by atoms with Gasteiger partial charge in [-0.2, -0.15) is 8.78 Å². The van der Waals surface area contributed by atoms with Gasteiger partial charge in [-0.05, 0) is 60.7 Å². The van der Waals surface area contributed by atoms with Gasteiger partial charge in [0, 0.05) is 34.7 Å². The van der Waals surface area contributed by atoms with Crippen molar-refractivity contribution in [2.45, 2.75) is 45.0 Å². The molecule has 1 fully saturated rings. The van der Waals surface area contributed by atoms with E-state index in [2.05, 4.69) is 11.7 Å². The van der Waals surface area contributed by atoms with Crippen molar-refractivity contribution in [3.63, 3.8) is 0 Å². The molecule has 0 unspecified atom stereocenters. The first-order chi connectivity index (χ1) is 23.9. The summed E-state index contributed by atoms with van der Waals surface area (Å²) >= 11 is 5.32. The molecule has 1 saturated heterocycles. The van der Waals surface area contributed by atoms with Gasteiger partial charge in [0.15, 0.2) is 6.29 Å². The van der Waals surface area contributed by atoms with Crippen molar-refractivity contribution in [3.8, 4) is 28.0 Å². The van der Waals surface area contributed by atoms with Crippen molar-refractivity contribution < 1.29 is 54.1 Å². The molecule has 4 nitrogen and oxygen atoms in total. The lowest BCUT2D eigenvalue weighted by molar-refractivity contribution is -0.206. The van der Waals surface area contributed by atoms with E-state index in [1.54, 1.807) is 12.3 Å². The summed E-state index contributed by atoms with van der Waals surface area (Å²) in [6.45, 7) is 3.51. The Labute approximate surface area is 288 Å². The number of allylic oxidation sites excluding steroid dienone is 1. The van der Waals surface area contributed by atoms with Crippen LogP contribution in [0.4, 0.5) is 35.1 Å². The van der Waals surface area contributed by atoms with Crippen molar-refractivity contribution in [3.05, 3.63) is 124 Å². The summed E-state index contributed by atoms with van der Waals surface area (Å²) in [6, 6.07) is 9.05. The van der Waals surface area contributed by atoms with Crippen LogP contribution < -0.4 is 4.74 Å². The van der Waals surface area contributed by atoms with E-state index in [1.165, 1.54) is 18.2 Å². The highest BCUT2D eigenvalue weighted by Gasteiger charge is 2.41. The van der Waals surface area contributed by atoms with Crippen LogP contribution in [0, 0.1) is 40.8 Å². The molecule has 1 aliphatic heterocycles. The quantitative estimate of drug-likeness (QED) is 0.0595. The zero-order valence-corrected chi connectivity index (χ0v) is 27.3. The minimum Gasteiger partial charge on any atom is -0.502 e. The average Bonchev–Trinajstić information content (AvgIpc) is 3.06. The molecule has 0 amide bonds. The van der Waals surface area contributed by atoms with Gasteiger partial charge in [0.1, 0.15) is 51.2 Å². The standard InChI is InChI=1S/C37H31ClF8O4/c1-2-3-4-11-47-12-5-6-21-19-48-36(49-20-21)23-8-10-26(29(40)14-23)22-7-9-27(28(39)13-22)24-15-30(41)34(31(42)16-24)37(45,46)50-25-17-32(43)35(38)33(44)18-25/h4,7-11,13-18,21,36H,2-3,5-6,12,19-20H2,1H3/b11-4+. The number of unbranched alkanes of at least 4 members (excludes halogenated alkanes) is 1. The first-order valence-corrected chi connectivity index (χ1v) is 16.1. The fraction of sp³-hybridized carbons (Fsp3) is 0.297. The van der Waals surface area contributed by atoms with E-state index in [4.69, 9.17) is 25.8 Å². The van der Waals surface area contributed by atoms with Crippen LogP contribution >= 0.6 is 11.6 Å². The molecule has 1 aliphatic rings. The maximum atomic E-state index is 15.3. The second-order valence-corrected chi connectivity index (χ2v) is 12.0. The molecule has 266 valence electrons. The summed E-state index contributed by atoms with van der Waals surface area (Å²) in [5.41, 5.74) is -2.18. The lowest BCUT2D eigenvalue weighted by atomic mass is 9.97. The summed E-state index contributed by atoms with van der Waals surface area (Å²) in [5.74, 6) is -9.19. The molecule has 13 heteroatoms. The monoisotopic (exact) mass is 726 g/mol. The van der Waals surface area contributed by atoms with Crippen molar-refractivity contribution >= 4 is 11.6 Å². The van der Waals surface area contributed by atoms with Gasteiger partial charge in [0.25, 0.3) is 0 Å². The second-order valence-electron chi connectivity index (χ2n) is 11.6. The Bertz CT molecular complexity index is 1800. The van der Waals surface area contributed by atoms with E-state index < -0.39 is 69.2 Å². The third-order valence-corrected chi connectivity index (χ3v) is 8.24. The maximum absolute atomic E-state index is 15.3. The smallest absolute Gasteiger partial charge is 0.432 e. The first kappa shape index (κ1) is 37.1. The molecule has 0 atom stereocenters. The molecule has 5 rings (SSSR count). The third-order valence-electron chi connectivity index (χ3n) is 7.88. The Kier molecular flexibility index (Phi) is 12.1. The van der Waals surface area contributed by atoms with Gasteiger partial charge in [-0.1, -0.05) is 49.2 Å².